The number of hydrogen-bond donors (Lipinski definition) is 1. The molecule has 0 aromatic heterocycles. The van der Waals surface area contributed by atoms with Crippen LogP contribution in [0.2, 0.25) is 0 Å². The number of rotatable bonds is 2. The van der Waals surface area contributed by atoms with Gasteiger partial charge < -0.3 is 9.84 Å². The normalized spacial score (nSPS) is 13.3. The fourth-order valence-electron chi connectivity index (χ4n) is 1.72. The molecule has 1 N–H and O–H groups in total. The highest BCUT2D eigenvalue weighted by atomic mass is 16.5. The maximum atomic E-state index is 10.9. The zero-order valence-electron chi connectivity index (χ0n) is 8.57. The molecule has 0 spiro atoms. The van der Waals surface area contributed by atoms with Crippen molar-refractivity contribution < 1.29 is 14.6 Å². The van der Waals surface area contributed by atoms with Crippen molar-refractivity contribution in [2.45, 2.75) is 13.5 Å². The van der Waals surface area contributed by atoms with E-state index < -0.39 is 5.97 Å². The van der Waals surface area contributed by atoms with Gasteiger partial charge in [-0.15, -0.1) is 0 Å². The molecule has 0 aliphatic carbocycles. The Morgan fingerprint density at radius 1 is 1.53 bits per heavy atom. The topological polar surface area (TPSA) is 58.9 Å². The van der Waals surface area contributed by atoms with E-state index in [1.54, 1.807) is 6.07 Å². The van der Waals surface area contributed by atoms with Gasteiger partial charge in [-0.3, -0.25) is 4.99 Å². The van der Waals surface area contributed by atoms with Gasteiger partial charge in [0, 0.05) is 16.8 Å². The second-order valence-corrected chi connectivity index (χ2v) is 3.41. The molecule has 78 valence electrons. The van der Waals surface area contributed by atoms with E-state index in [4.69, 9.17) is 9.84 Å². The lowest BCUT2D eigenvalue weighted by molar-refractivity contribution is 0.0696. The van der Waals surface area contributed by atoms with Crippen LogP contribution in [0.25, 0.3) is 0 Å². The lowest BCUT2D eigenvalue weighted by atomic mass is 10.0. The number of carbonyl (C=O) groups is 1. The van der Waals surface area contributed by atoms with Crippen molar-refractivity contribution in [1.29, 1.82) is 0 Å². The van der Waals surface area contributed by atoms with Crippen molar-refractivity contribution in [3.8, 4) is 5.75 Å². The number of aliphatic imine (C=N–C) groups is 1. The molecule has 1 aliphatic heterocycles. The lowest BCUT2D eigenvalue weighted by Crippen LogP contribution is -2.03. The molecular weight excluding hydrogens is 194 g/mol. The molecule has 4 nitrogen and oxygen atoms in total. The Morgan fingerprint density at radius 2 is 2.27 bits per heavy atom. The Morgan fingerprint density at radius 3 is 2.87 bits per heavy atom. The molecule has 0 radical (unpaired) electrons. The number of fused-ring (bicyclic) bond motifs is 1. The molecule has 15 heavy (non-hydrogen) atoms. The van der Waals surface area contributed by atoms with Gasteiger partial charge in [0.15, 0.2) is 0 Å². The van der Waals surface area contributed by atoms with Gasteiger partial charge in [-0.1, -0.05) is 0 Å². The van der Waals surface area contributed by atoms with Crippen LogP contribution in [0, 0.1) is 0 Å². The summed E-state index contributed by atoms with van der Waals surface area (Å²) in [6.07, 6.45) is 0. The Bertz CT molecular complexity index is 463. The minimum absolute atomic E-state index is 0.238. The van der Waals surface area contributed by atoms with Crippen molar-refractivity contribution in [1.82, 2.24) is 0 Å². The number of carboxylic acids is 1. The van der Waals surface area contributed by atoms with Crippen LogP contribution in [0.1, 0.15) is 28.4 Å². The van der Waals surface area contributed by atoms with Crippen molar-refractivity contribution in [3.63, 3.8) is 0 Å². The summed E-state index contributed by atoms with van der Waals surface area (Å²) in [5.41, 5.74) is 2.96. The van der Waals surface area contributed by atoms with E-state index in [1.807, 2.05) is 6.92 Å². The molecule has 0 bridgehead atoms. The van der Waals surface area contributed by atoms with Gasteiger partial charge in [0.2, 0.25) is 0 Å². The van der Waals surface area contributed by atoms with E-state index in [2.05, 4.69) is 4.99 Å². The van der Waals surface area contributed by atoms with Gasteiger partial charge in [0.1, 0.15) is 5.75 Å². The molecule has 2 rings (SSSR count). The summed E-state index contributed by atoms with van der Waals surface area (Å²) in [6, 6.07) is 3.18. The highest BCUT2D eigenvalue weighted by Crippen LogP contribution is 2.30. The van der Waals surface area contributed by atoms with Crippen molar-refractivity contribution in [2.75, 3.05) is 7.11 Å². The third-order valence-corrected chi connectivity index (χ3v) is 2.54. The molecule has 1 heterocycles. The number of methoxy groups -OCH3 is 1. The predicted octanol–water partition coefficient (Wildman–Crippen LogP) is 1.72. The second-order valence-electron chi connectivity index (χ2n) is 3.41. The van der Waals surface area contributed by atoms with E-state index in [9.17, 15) is 4.79 Å². The van der Waals surface area contributed by atoms with E-state index in [-0.39, 0.29) is 5.56 Å². The quantitative estimate of drug-likeness (QED) is 0.799. The average molecular weight is 205 g/mol. The molecule has 0 atom stereocenters. The van der Waals surface area contributed by atoms with Crippen molar-refractivity contribution in [2.24, 2.45) is 4.99 Å². The standard InChI is InChI=1S/C11H11NO3/c1-6-8-3-7(11(13)14)4-10(15-2)9(8)5-12-6/h3-4H,5H2,1-2H3,(H,13,14). The average Bonchev–Trinajstić information content (AvgIpc) is 2.59. The number of ether oxygens (including phenoxy) is 1. The maximum absolute atomic E-state index is 10.9. The smallest absolute Gasteiger partial charge is 0.335 e. The van der Waals surface area contributed by atoms with Gasteiger partial charge >= 0.3 is 5.97 Å². The Balaban J connectivity index is 2.62. The number of nitrogens with zero attached hydrogens (tertiary/aromatic N) is 1. The van der Waals surface area contributed by atoms with Crippen LogP contribution in [0.4, 0.5) is 0 Å². The van der Waals surface area contributed by atoms with E-state index >= 15 is 0 Å². The maximum Gasteiger partial charge on any atom is 0.335 e. The molecule has 1 aromatic carbocycles. The fourth-order valence-corrected chi connectivity index (χ4v) is 1.72. The van der Waals surface area contributed by atoms with Gasteiger partial charge in [-0.05, 0) is 19.1 Å². The first-order chi connectivity index (χ1) is 7.13. The predicted molar refractivity (Wildman–Crippen MR) is 55.9 cm³/mol. The summed E-state index contributed by atoms with van der Waals surface area (Å²) in [4.78, 5) is 15.1. The minimum atomic E-state index is -0.948. The number of hydrogen-bond acceptors (Lipinski definition) is 3. The SMILES string of the molecule is COc1cc(C(=O)O)cc2c1CN=C2C. The van der Waals surface area contributed by atoms with Crippen LogP contribution in [0.15, 0.2) is 17.1 Å². The van der Waals surface area contributed by atoms with Crippen LogP contribution in [-0.2, 0) is 6.54 Å². The summed E-state index contributed by atoms with van der Waals surface area (Å²) >= 11 is 0. The molecule has 4 heteroatoms. The number of benzene rings is 1. The van der Waals surface area contributed by atoms with Gasteiger partial charge in [0.05, 0.1) is 19.2 Å². The van der Waals surface area contributed by atoms with Gasteiger partial charge in [-0.2, -0.15) is 0 Å². The van der Waals surface area contributed by atoms with Gasteiger partial charge in [-0.25, -0.2) is 4.79 Å². The lowest BCUT2D eigenvalue weighted by Gasteiger charge is -2.08. The molecule has 0 fully saturated rings. The fraction of sp³-hybridized carbons (Fsp3) is 0.273. The molecule has 1 aliphatic rings. The highest BCUT2D eigenvalue weighted by molar-refractivity contribution is 6.04. The summed E-state index contributed by atoms with van der Waals surface area (Å²) in [7, 11) is 1.54. The van der Waals surface area contributed by atoms with E-state index in [0.29, 0.717) is 12.3 Å². The minimum Gasteiger partial charge on any atom is -0.496 e. The molecule has 0 saturated heterocycles. The molecular formula is C11H11NO3. The van der Waals surface area contributed by atoms with E-state index in [1.165, 1.54) is 13.2 Å². The molecule has 0 unspecified atom stereocenters. The molecule has 0 amide bonds. The highest BCUT2D eigenvalue weighted by Gasteiger charge is 2.19. The number of carboxylic acid groups (broad SMARTS) is 1. The Labute approximate surface area is 87.2 Å². The zero-order chi connectivity index (χ0) is 11.0. The van der Waals surface area contributed by atoms with Crippen LogP contribution < -0.4 is 4.74 Å². The Kier molecular flexibility index (Phi) is 2.19. The zero-order valence-corrected chi connectivity index (χ0v) is 8.57. The van der Waals surface area contributed by atoms with Crippen LogP contribution in [0.5, 0.6) is 5.75 Å². The number of aromatic carboxylic acids is 1. The first kappa shape index (κ1) is 9.71. The van der Waals surface area contributed by atoms with Crippen molar-refractivity contribution >= 4 is 11.7 Å². The van der Waals surface area contributed by atoms with Crippen LogP contribution in [0.3, 0.4) is 0 Å². The first-order valence-electron chi connectivity index (χ1n) is 4.59. The second kappa shape index (κ2) is 3.38. The molecule has 0 saturated carbocycles. The third-order valence-electron chi connectivity index (χ3n) is 2.54. The summed E-state index contributed by atoms with van der Waals surface area (Å²) in [5, 5.41) is 8.93. The van der Waals surface area contributed by atoms with Crippen LogP contribution in [-0.4, -0.2) is 23.9 Å². The van der Waals surface area contributed by atoms with Crippen LogP contribution >= 0.6 is 0 Å². The monoisotopic (exact) mass is 205 g/mol. The summed E-state index contributed by atoms with van der Waals surface area (Å²) in [6.45, 7) is 2.45. The summed E-state index contributed by atoms with van der Waals surface area (Å²) in [5.74, 6) is -0.346. The van der Waals surface area contributed by atoms with E-state index in [0.717, 1.165) is 16.8 Å². The van der Waals surface area contributed by atoms with Gasteiger partial charge in [0.25, 0.3) is 0 Å². The first-order valence-corrected chi connectivity index (χ1v) is 4.59. The largest absolute Gasteiger partial charge is 0.496 e. The Hall–Kier alpha value is -1.84. The molecule has 1 aromatic rings. The van der Waals surface area contributed by atoms with Crippen molar-refractivity contribution in [3.05, 3.63) is 28.8 Å². The summed E-state index contributed by atoms with van der Waals surface area (Å²) < 4.78 is 5.16. The third kappa shape index (κ3) is 1.48.